The summed E-state index contributed by atoms with van der Waals surface area (Å²) >= 11 is 0. The van der Waals surface area contributed by atoms with Crippen molar-refractivity contribution >= 4 is 17.0 Å². The minimum atomic E-state index is 0.229. The van der Waals surface area contributed by atoms with Crippen molar-refractivity contribution in [3.05, 3.63) is 42.9 Å². The highest BCUT2D eigenvalue weighted by atomic mass is 15.2. The lowest BCUT2D eigenvalue weighted by Crippen LogP contribution is -2.55. The number of para-hydroxylation sites is 2. The Morgan fingerprint density at radius 1 is 1.21 bits per heavy atom. The summed E-state index contributed by atoms with van der Waals surface area (Å²) in [6.07, 6.45) is 3.57. The van der Waals surface area contributed by atoms with E-state index in [1.165, 1.54) is 0 Å². The molecular formula is C17H21N7. The van der Waals surface area contributed by atoms with Crippen LogP contribution in [-0.2, 0) is 0 Å². The largest absolute Gasteiger partial charge is 0.350 e. The van der Waals surface area contributed by atoms with E-state index in [1.807, 2.05) is 34.9 Å². The molecule has 0 saturated carbocycles. The van der Waals surface area contributed by atoms with Crippen LogP contribution in [0.15, 0.2) is 42.9 Å². The Kier molecular flexibility index (Phi) is 4.10. The number of aromatic nitrogens is 4. The van der Waals surface area contributed by atoms with Crippen molar-refractivity contribution < 1.29 is 0 Å². The van der Waals surface area contributed by atoms with E-state index >= 15 is 0 Å². The third-order valence-electron chi connectivity index (χ3n) is 4.37. The normalized spacial score (nSPS) is 19.3. The molecule has 2 aromatic heterocycles. The Bertz CT molecular complexity index is 822. The van der Waals surface area contributed by atoms with Crippen molar-refractivity contribution in [3.63, 3.8) is 0 Å². The van der Waals surface area contributed by atoms with Crippen LogP contribution in [0.4, 0.5) is 5.95 Å². The molecule has 0 amide bonds. The molecule has 0 radical (unpaired) electrons. The molecule has 1 saturated heterocycles. The number of hydrogen-bond acceptors (Lipinski definition) is 6. The predicted molar refractivity (Wildman–Crippen MR) is 94.4 cm³/mol. The Balaban J connectivity index is 1.57. The first-order chi connectivity index (χ1) is 11.8. The molecule has 2 unspecified atom stereocenters. The van der Waals surface area contributed by atoms with Crippen LogP contribution in [-0.4, -0.2) is 51.2 Å². The molecule has 24 heavy (non-hydrogen) atoms. The van der Waals surface area contributed by atoms with Crippen LogP contribution in [0.2, 0.25) is 0 Å². The number of nitrogens with one attached hydrogen (secondary N) is 3. The average molecular weight is 323 g/mol. The Hall–Kier alpha value is -2.51. The molecule has 3 aromatic rings. The zero-order valence-corrected chi connectivity index (χ0v) is 13.6. The first-order valence-electron chi connectivity index (χ1n) is 8.27. The second-order valence-corrected chi connectivity index (χ2v) is 6.04. The zero-order valence-electron chi connectivity index (χ0n) is 13.6. The number of fused-ring (bicyclic) bond motifs is 1. The van der Waals surface area contributed by atoms with Crippen molar-refractivity contribution in [2.75, 3.05) is 25.0 Å². The molecule has 3 N–H and O–H groups in total. The van der Waals surface area contributed by atoms with E-state index < -0.39 is 0 Å². The van der Waals surface area contributed by atoms with Crippen LogP contribution in [0.25, 0.3) is 16.9 Å². The van der Waals surface area contributed by atoms with Crippen LogP contribution in [0.1, 0.15) is 6.92 Å². The molecule has 1 aliphatic heterocycles. The van der Waals surface area contributed by atoms with E-state index in [0.717, 1.165) is 36.5 Å². The van der Waals surface area contributed by atoms with Gasteiger partial charge < -0.3 is 16.0 Å². The summed E-state index contributed by atoms with van der Waals surface area (Å²) in [6, 6.07) is 10.5. The number of imidazole rings is 1. The van der Waals surface area contributed by atoms with Crippen LogP contribution in [0, 0.1) is 0 Å². The minimum absolute atomic E-state index is 0.229. The maximum atomic E-state index is 4.65. The van der Waals surface area contributed by atoms with Crippen LogP contribution >= 0.6 is 0 Å². The molecule has 124 valence electrons. The number of benzene rings is 1. The van der Waals surface area contributed by atoms with Crippen molar-refractivity contribution in [1.82, 2.24) is 30.2 Å². The third kappa shape index (κ3) is 2.95. The topological polar surface area (TPSA) is 79.7 Å². The fourth-order valence-corrected chi connectivity index (χ4v) is 3.03. The van der Waals surface area contributed by atoms with Gasteiger partial charge in [0.05, 0.1) is 11.0 Å². The standard InChI is InChI=1S/C17H21N7/c1-12(14-10-18-8-9-19-14)22-17-20-7-6-16(23-17)24-11-21-13-4-2-3-5-15(13)24/h2-7,11-12,14,18-19H,8-10H2,1H3,(H,20,22,23). The first-order valence-corrected chi connectivity index (χ1v) is 8.27. The molecular weight excluding hydrogens is 302 g/mol. The summed E-state index contributed by atoms with van der Waals surface area (Å²) in [7, 11) is 0. The van der Waals surface area contributed by atoms with Crippen molar-refractivity contribution in [2.24, 2.45) is 0 Å². The summed E-state index contributed by atoms with van der Waals surface area (Å²) in [5, 5.41) is 10.3. The zero-order chi connectivity index (χ0) is 16.4. The predicted octanol–water partition coefficient (Wildman–Crippen LogP) is 1.18. The Morgan fingerprint density at radius 3 is 3.00 bits per heavy atom. The van der Waals surface area contributed by atoms with Gasteiger partial charge in [0, 0.05) is 37.9 Å². The van der Waals surface area contributed by atoms with Crippen molar-refractivity contribution in [3.8, 4) is 5.82 Å². The SMILES string of the molecule is CC(Nc1nccc(-n2cnc3ccccc32)n1)C1CNCCN1. The second-order valence-electron chi connectivity index (χ2n) is 6.04. The molecule has 4 rings (SSSR count). The Labute approximate surface area is 140 Å². The summed E-state index contributed by atoms with van der Waals surface area (Å²) in [6.45, 7) is 5.09. The summed E-state index contributed by atoms with van der Waals surface area (Å²) in [5.41, 5.74) is 1.99. The van der Waals surface area contributed by atoms with Gasteiger partial charge in [0.1, 0.15) is 12.1 Å². The van der Waals surface area contributed by atoms with E-state index in [2.05, 4.69) is 37.8 Å². The molecule has 1 fully saturated rings. The maximum Gasteiger partial charge on any atom is 0.224 e. The molecule has 0 bridgehead atoms. The number of hydrogen-bond donors (Lipinski definition) is 3. The van der Waals surface area contributed by atoms with Crippen molar-refractivity contribution in [2.45, 2.75) is 19.0 Å². The lowest BCUT2D eigenvalue weighted by atomic mass is 10.1. The molecule has 7 heteroatoms. The monoisotopic (exact) mass is 323 g/mol. The molecule has 3 heterocycles. The molecule has 1 aromatic carbocycles. The minimum Gasteiger partial charge on any atom is -0.350 e. The fraction of sp³-hybridized carbons (Fsp3) is 0.353. The second kappa shape index (κ2) is 6.54. The summed E-state index contributed by atoms with van der Waals surface area (Å²) in [4.78, 5) is 13.4. The van der Waals surface area contributed by atoms with E-state index in [1.54, 1.807) is 12.5 Å². The number of rotatable bonds is 4. The van der Waals surface area contributed by atoms with Gasteiger partial charge in [0.25, 0.3) is 0 Å². The van der Waals surface area contributed by atoms with Gasteiger partial charge in [0.15, 0.2) is 0 Å². The molecule has 0 spiro atoms. The number of anilines is 1. The van der Waals surface area contributed by atoms with Crippen LogP contribution in [0.3, 0.4) is 0 Å². The number of piperazine rings is 1. The lowest BCUT2D eigenvalue weighted by molar-refractivity contribution is 0.388. The molecule has 1 aliphatic rings. The average Bonchev–Trinajstić information content (AvgIpc) is 3.07. The molecule has 2 atom stereocenters. The summed E-state index contributed by atoms with van der Waals surface area (Å²) in [5.74, 6) is 1.44. The third-order valence-corrected chi connectivity index (χ3v) is 4.37. The van der Waals surface area contributed by atoms with E-state index in [4.69, 9.17) is 0 Å². The first kappa shape index (κ1) is 15.0. The van der Waals surface area contributed by atoms with Gasteiger partial charge in [0.2, 0.25) is 5.95 Å². The maximum absolute atomic E-state index is 4.65. The van der Waals surface area contributed by atoms with E-state index in [0.29, 0.717) is 12.0 Å². The fourth-order valence-electron chi connectivity index (χ4n) is 3.03. The van der Waals surface area contributed by atoms with Crippen LogP contribution < -0.4 is 16.0 Å². The Morgan fingerprint density at radius 2 is 2.12 bits per heavy atom. The van der Waals surface area contributed by atoms with Gasteiger partial charge in [-0.15, -0.1) is 0 Å². The van der Waals surface area contributed by atoms with Crippen molar-refractivity contribution in [1.29, 1.82) is 0 Å². The summed E-state index contributed by atoms with van der Waals surface area (Å²) < 4.78 is 1.98. The molecule has 0 aliphatic carbocycles. The molecule has 7 nitrogen and oxygen atoms in total. The highest BCUT2D eigenvalue weighted by molar-refractivity contribution is 5.76. The van der Waals surface area contributed by atoms with Gasteiger partial charge in [-0.1, -0.05) is 12.1 Å². The van der Waals surface area contributed by atoms with E-state index in [9.17, 15) is 0 Å². The highest BCUT2D eigenvalue weighted by Crippen LogP contribution is 2.17. The van der Waals surface area contributed by atoms with Gasteiger partial charge in [-0.3, -0.25) is 4.57 Å². The smallest absolute Gasteiger partial charge is 0.224 e. The van der Waals surface area contributed by atoms with E-state index in [-0.39, 0.29) is 6.04 Å². The van der Waals surface area contributed by atoms with Gasteiger partial charge >= 0.3 is 0 Å². The quantitative estimate of drug-likeness (QED) is 0.669. The lowest BCUT2D eigenvalue weighted by Gasteiger charge is -2.30. The van der Waals surface area contributed by atoms with Gasteiger partial charge in [-0.05, 0) is 25.1 Å². The van der Waals surface area contributed by atoms with Gasteiger partial charge in [-0.2, -0.15) is 4.98 Å². The number of nitrogens with zero attached hydrogens (tertiary/aromatic N) is 4. The highest BCUT2D eigenvalue weighted by Gasteiger charge is 2.19. The van der Waals surface area contributed by atoms with Crippen LogP contribution in [0.5, 0.6) is 0 Å². The van der Waals surface area contributed by atoms with Gasteiger partial charge in [-0.25, -0.2) is 9.97 Å².